The highest BCUT2D eigenvalue weighted by Gasteiger charge is 2.31. The molecule has 2 saturated heterocycles. The SMILES string of the molecule is Cc1cc(N2CC([NH+](C)C)C2)ccc1-c1cn(CC2CCCCO2)nn1. The van der Waals surface area contributed by atoms with E-state index in [0.29, 0.717) is 0 Å². The molecular weight excluding hydrogens is 326 g/mol. The van der Waals surface area contributed by atoms with Gasteiger partial charge in [0.05, 0.1) is 46.0 Å². The van der Waals surface area contributed by atoms with Crippen molar-refractivity contribution in [1.29, 1.82) is 0 Å². The molecule has 0 radical (unpaired) electrons. The predicted molar refractivity (Wildman–Crippen MR) is 103 cm³/mol. The third-order valence-electron chi connectivity index (χ3n) is 5.75. The van der Waals surface area contributed by atoms with Gasteiger partial charge in [-0.2, -0.15) is 0 Å². The van der Waals surface area contributed by atoms with Crippen molar-refractivity contribution in [2.75, 3.05) is 38.7 Å². The van der Waals surface area contributed by atoms with E-state index in [2.05, 4.69) is 60.6 Å². The first-order chi connectivity index (χ1) is 12.6. The average molecular weight is 356 g/mol. The summed E-state index contributed by atoms with van der Waals surface area (Å²) in [4.78, 5) is 3.99. The second-order valence-corrected chi connectivity index (χ2v) is 7.99. The number of aromatic nitrogens is 3. The number of rotatable bonds is 5. The third-order valence-corrected chi connectivity index (χ3v) is 5.75. The van der Waals surface area contributed by atoms with Crippen molar-refractivity contribution in [1.82, 2.24) is 15.0 Å². The molecule has 1 unspecified atom stereocenters. The lowest BCUT2D eigenvalue weighted by Gasteiger charge is -2.41. The van der Waals surface area contributed by atoms with E-state index in [1.165, 1.54) is 34.6 Å². The summed E-state index contributed by atoms with van der Waals surface area (Å²) in [7, 11) is 4.47. The number of likely N-dealkylation sites (N-methyl/N-ethyl adjacent to an activating group) is 1. The second kappa shape index (κ2) is 7.37. The topological polar surface area (TPSA) is 47.6 Å². The zero-order valence-corrected chi connectivity index (χ0v) is 16.1. The smallest absolute Gasteiger partial charge is 0.122 e. The molecule has 1 atom stereocenters. The predicted octanol–water partition coefficient (Wildman–Crippen LogP) is 1.16. The van der Waals surface area contributed by atoms with Crippen LogP contribution in [0.3, 0.4) is 0 Å². The van der Waals surface area contributed by atoms with E-state index in [1.807, 2.05) is 4.68 Å². The van der Waals surface area contributed by atoms with Gasteiger partial charge in [-0.15, -0.1) is 5.10 Å². The molecule has 0 saturated carbocycles. The number of aryl methyl sites for hydroxylation is 1. The van der Waals surface area contributed by atoms with Crippen molar-refractivity contribution in [3.05, 3.63) is 30.0 Å². The van der Waals surface area contributed by atoms with Crippen LogP contribution in [-0.4, -0.2) is 60.9 Å². The van der Waals surface area contributed by atoms with E-state index in [4.69, 9.17) is 4.74 Å². The number of hydrogen-bond donors (Lipinski definition) is 1. The summed E-state index contributed by atoms with van der Waals surface area (Å²) in [5.74, 6) is 0. The number of ether oxygens (including phenoxy) is 1. The molecule has 0 spiro atoms. The number of hydrogen-bond acceptors (Lipinski definition) is 4. The van der Waals surface area contributed by atoms with Crippen LogP contribution in [0.2, 0.25) is 0 Å². The number of benzene rings is 1. The first-order valence-corrected chi connectivity index (χ1v) is 9.78. The second-order valence-electron chi connectivity index (χ2n) is 7.99. The summed E-state index contributed by atoms with van der Waals surface area (Å²) < 4.78 is 7.74. The van der Waals surface area contributed by atoms with Gasteiger partial charge in [0.25, 0.3) is 0 Å². The largest absolute Gasteiger partial charge is 0.376 e. The third kappa shape index (κ3) is 3.62. The van der Waals surface area contributed by atoms with Crippen LogP contribution < -0.4 is 9.80 Å². The van der Waals surface area contributed by atoms with E-state index in [1.54, 1.807) is 0 Å². The molecule has 3 heterocycles. The summed E-state index contributed by atoms with van der Waals surface area (Å²) >= 11 is 0. The minimum Gasteiger partial charge on any atom is -0.376 e. The molecule has 0 aliphatic carbocycles. The molecule has 2 aromatic rings. The molecule has 2 fully saturated rings. The molecular formula is C20H30N5O+. The van der Waals surface area contributed by atoms with Gasteiger partial charge in [-0.05, 0) is 43.9 Å². The van der Waals surface area contributed by atoms with Crippen LogP contribution >= 0.6 is 0 Å². The maximum atomic E-state index is 5.81. The van der Waals surface area contributed by atoms with E-state index < -0.39 is 0 Å². The van der Waals surface area contributed by atoms with Crippen LogP contribution in [0.15, 0.2) is 24.4 Å². The van der Waals surface area contributed by atoms with Crippen LogP contribution in [0.1, 0.15) is 24.8 Å². The van der Waals surface area contributed by atoms with Crippen molar-refractivity contribution >= 4 is 5.69 Å². The van der Waals surface area contributed by atoms with Crippen molar-refractivity contribution in [3.63, 3.8) is 0 Å². The number of quaternary nitrogens is 1. The molecule has 0 bridgehead atoms. The van der Waals surface area contributed by atoms with E-state index in [-0.39, 0.29) is 6.10 Å². The normalized spacial score (nSPS) is 21.2. The molecule has 140 valence electrons. The number of nitrogens with zero attached hydrogens (tertiary/aromatic N) is 4. The van der Waals surface area contributed by atoms with Crippen LogP contribution in [0.25, 0.3) is 11.3 Å². The fourth-order valence-electron chi connectivity index (χ4n) is 3.86. The van der Waals surface area contributed by atoms with Gasteiger partial charge >= 0.3 is 0 Å². The monoisotopic (exact) mass is 356 g/mol. The Balaban J connectivity index is 1.43. The van der Waals surface area contributed by atoms with Gasteiger partial charge < -0.3 is 14.5 Å². The summed E-state index contributed by atoms with van der Waals surface area (Å²) in [5.41, 5.74) is 4.68. The van der Waals surface area contributed by atoms with Crippen LogP contribution in [0, 0.1) is 6.92 Å². The molecule has 1 aromatic carbocycles. The maximum Gasteiger partial charge on any atom is 0.122 e. The van der Waals surface area contributed by atoms with E-state index in [9.17, 15) is 0 Å². The van der Waals surface area contributed by atoms with Gasteiger partial charge in [-0.3, -0.25) is 0 Å². The Hall–Kier alpha value is -1.92. The molecule has 4 rings (SSSR count). The average Bonchev–Trinajstić information content (AvgIpc) is 3.02. The molecule has 26 heavy (non-hydrogen) atoms. The Labute approximate surface area is 155 Å². The Morgan fingerprint density at radius 3 is 2.77 bits per heavy atom. The molecule has 6 heteroatoms. The van der Waals surface area contributed by atoms with Gasteiger partial charge in [0.2, 0.25) is 0 Å². The highest BCUT2D eigenvalue weighted by atomic mass is 16.5. The molecule has 0 amide bonds. The standard InChI is InChI=1S/C20H29N5O/c1-15-10-16(24-11-17(12-24)23(2)3)7-8-19(15)20-14-25(22-21-20)13-18-6-4-5-9-26-18/h7-8,10,14,17-18H,4-6,9,11-13H2,1-3H3/p+1. The molecule has 6 nitrogen and oxygen atoms in total. The lowest BCUT2D eigenvalue weighted by molar-refractivity contribution is -0.886. The Morgan fingerprint density at radius 2 is 2.08 bits per heavy atom. The maximum absolute atomic E-state index is 5.81. The van der Waals surface area contributed by atoms with Crippen molar-refractivity contribution in [3.8, 4) is 11.3 Å². The van der Waals surface area contributed by atoms with Crippen LogP contribution in [-0.2, 0) is 11.3 Å². The molecule has 2 aliphatic rings. The zero-order chi connectivity index (χ0) is 18.1. The summed E-state index contributed by atoms with van der Waals surface area (Å²) in [5, 5.41) is 8.71. The van der Waals surface area contributed by atoms with Crippen LogP contribution in [0.4, 0.5) is 5.69 Å². The number of nitrogens with one attached hydrogen (secondary N) is 1. The lowest BCUT2D eigenvalue weighted by atomic mass is 10.0. The summed E-state index contributed by atoms with van der Waals surface area (Å²) in [6, 6.07) is 7.43. The highest BCUT2D eigenvalue weighted by Crippen LogP contribution is 2.28. The van der Waals surface area contributed by atoms with Gasteiger partial charge in [-0.1, -0.05) is 11.3 Å². The summed E-state index contributed by atoms with van der Waals surface area (Å²) in [6.45, 7) is 6.11. The summed E-state index contributed by atoms with van der Waals surface area (Å²) in [6.07, 6.45) is 5.88. The van der Waals surface area contributed by atoms with Gasteiger partial charge in [0.1, 0.15) is 11.7 Å². The molecule has 1 N–H and O–H groups in total. The van der Waals surface area contributed by atoms with Crippen molar-refractivity contribution in [2.45, 2.75) is 44.9 Å². The highest BCUT2D eigenvalue weighted by molar-refractivity contribution is 5.67. The Kier molecular flexibility index (Phi) is 4.96. The van der Waals surface area contributed by atoms with Gasteiger partial charge in [-0.25, -0.2) is 4.68 Å². The fraction of sp³-hybridized carbons (Fsp3) is 0.600. The minimum absolute atomic E-state index is 0.278. The number of anilines is 1. The quantitative estimate of drug-likeness (QED) is 0.873. The Morgan fingerprint density at radius 1 is 1.23 bits per heavy atom. The minimum atomic E-state index is 0.278. The van der Waals surface area contributed by atoms with Gasteiger partial charge in [0.15, 0.2) is 0 Å². The van der Waals surface area contributed by atoms with E-state index >= 15 is 0 Å². The van der Waals surface area contributed by atoms with Crippen LogP contribution in [0.5, 0.6) is 0 Å². The zero-order valence-electron chi connectivity index (χ0n) is 16.1. The van der Waals surface area contributed by atoms with E-state index in [0.717, 1.165) is 44.4 Å². The Bertz CT molecular complexity index is 744. The van der Waals surface area contributed by atoms with Crippen molar-refractivity contribution in [2.24, 2.45) is 0 Å². The first kappa shape index (κ1) is 17.5. The van der Waals surface area contributed by atoms with Gasteiger partial charge in [0, 0.05) is 17.9 Å². The van der Waals surface area contributed by atoms with Crippen molar-refractivity contribution < 1.29 is 9.64 Å². The molecule has 1 aromatic heterocycles. The lowest BCUT2D eigenvalue weighted by Crippen LogP contribution is -3.14. The molecule has 2 aliphatic heterocycles. The first-order valence-electron chi connectivity index (χ1n) is 9.78. The fourth-order valence-corrected chi connectivity index (χ4v) is 3.86.